The summed E-state index contributed by atoms with van der Waals surface area (Å²) in [6, 6.07) is 1.75. The molecule has 9 nitrogen and oxygen atoms in total. The smallest absolute Gasteiger partial charge is 0.243 e. The number of thiazole rings is 1. The van der Waals surface area contributed by atoms with Crippen LogP contribution < -0.4 is 16.8 Å². The summed E-state index contributed by atoms with van der Waals surface area (Å²) in [5.41, 5.74) is 9.27. The van der Waals surface area contributed by atoms with Crippen LogP contribution in [0, 0.1) is 23.2 Å². The molecule has 1 aromatic rings. The molecule has 0 aliphatic carbocycles. The number of unbranched alkanes of at least 4 members (excludes halogenated alkanes) is 1. The van der Waals surface area contributed by atoms with E-state index in [0.717, 1.165) is 60.9 Å². The van der Waals surface area contributed by atoms with Gasteiger partial charge >= 0.3 is 0 Å². The zero-order chi connectivity index (χ0) is 31.9. The van der Waals surface area contributed by atoms with Gasteiger partial charge in [-0.2, -0.15) is 5.26 Å². The summed E-state index contributed by atoms with van der Waals surface area (Å²) in [6.45, 7) is 17.6. The number of aryl methyl sites for hydroxylation is 1. The number of aromatic nitrogens is 1. The molecule has 1 aliphatic heterocycles. The van der Waals surface area contributed by atoms with Gasteiger partial charge < -0.3 is 21.5 Å². The lowest BCUT2D eigenvalue weighted by atomic mass is 9.83. The number of nitrogens with two attached hydrogens (primary N) is 2. The Balaban J connectivity index is -0.000000939. The molecular weight excluding hydrogens is 562 g/mol. The standard InChI is InChI=1S/C22H31ClN2O2S.C4H10.C2H3N.2CH3NO/c1-4-18(23)8-9-19-20(5-2)28-22(25-19)10-7-17(15-24-21(26)6-3)16-11-13-27-14-12-16;1-3-4-2;1-2-3;2*2-1-3/h5-6,8-9,16-18H,2-4,7,10-15H2,1H3,(H,24,26);3-4H2,1-2H3;1H3;2*1H,(H2,2,3)/b9-8-;;;;. The molecule has 232 valence electrons. The summed E-state index contributed by atoms with van der Waals surface area (Å²) in [5, 5.41) is 11.4. The first-order valence-corrected chi connectivity index (χ1v) is 15.0. The maximum absolute atomic E-state index is 11.6. The first kappa shape index (κ1) is 42.5. The highest BCUT2D eigenvalue weighted by atomic mass is 35.5. The molecule has 3 amide bonds. The summed E-state index contributed by atoms with van der Waals surface area (Å²) in [5.74, 6) is 0.869. The van der Waals surface area contributed by atoms with Gasteiger partial charge in [-0.1, -0.05) is 52.8 Å². The number of carbonyl (C=O) groups excluding carboxylic acids is 3. The quantitative estimate of drug-likeness (QED) is 0.157. The van der Waals surface area contributed by atoms with Gasteiger partial charge in [0.05, 0.1) is 27.0 Å². The molecule has 2 atom stereocenters. The van der Waals surface area contributed by atoms with E-state index in [1.807, 2.05) is 18.2 Å². The molecule has 2 rings (SSSR count). The van der Waals surface area contributed by atoms with Crippen molar-refractivity contribution in [3.8, 4) is 6.07 Å². The first-order chi connectivity index (χ1) is 19.7. The van der Waals surface area contributed by atoms with Crippen molar-refractivity contribution in [2.75, 3.05) is 19.8 Å². The molecule has 41 heavy (non-hydrogen) atoms. The Hall–Kier alpha value is -3.00. The molecule has 0 spiro atoms. The topological polar surface area (TPSA) is 161 Å². The maximum atomic E-state index is 11.6. The van der Waals surface area contributed by atoms with Crippen LogP contribution in [0.4, 0.5) is 0 Å². The van der Waals surface area contributed by atoms with Crippen LogP contribution >= 0.6 is 22.9 Å². The molecule has 5 N–H and O–H groups in total. The van der Waals surface area contributed by atoms with E-state index in [2.05, 4.69) is 50.7 Å². The zero-order valence-corrected chi connectivity index (χ0v) is 26.7. The van der Waals surface area contributed by atoms with E-state index in [1.54, 1.807) is 17.4 Å². The average molecular weight is 612 g/mol. The minimum atomic E-state index is -0.112. The van der Waals surface area contributed by atoms with E-state index in [9.17, 15) is 4.79 Å². The fraction of sp³-hybridized carbons (Fsp3) is 0.567. The molecule has 1 fully saturated rings. The van der Waals surface area contributed by atoms with Crippen molar-refractivity contribution in [2.45, 2.75) is 78.0 Å². The molecule has 1 saturated heterocycles. The van der Waals surface area contributed by atoms with Gasteiger partial charge in [0.15, 0.2) is 0 Å². The Morgan fingerprint density at radius 1 is 1.22 bits per heavy atom. The van der Waals surface area contributed by atoms with Crippen LogP contribution in [0.3, 0.4) is 0 Å². The molecule has 0 saturated carbocycles. The molecule has 2 heterocycles. The fourth-order valence-electron chi connectivity index (χ4n) is 3.40. The monoisotopic (exact) mass is 611 g/mol. The number of hydrogen-bond donors (Lipinski definition) is 3. The summed E-state index contributed by atoms with van der Waals surface area (Å²) in [6.07, 6.45) is 15.2. The molecule has 0 aromatic carbocycles. The van der Waals surface area contributed by atoms with Crippen molar-refractivity contribution in [3.05, 3.63) is 40.9 Å². The van der Waals surface area contributed by atoms with Crippen molar-refractivity contribution in [1.29, 1.82) is 5.26 Å². The van der Waals surface area contributed by atoms with E-state index < -0.39 is 0 Å². The van der Waals surface area contributed by atoms with Gasteiger partial charge in [0.1, 0.15) is 0 Å². The minimum Gasteiger partial charge on any atom is -0.381 e. The lowest BCUT2D eigenvalue weighted by Crippen LogP contribution is -2.34. The lowest BCUT2D eigenvalue weighted by Gasteiger charge is -2.30. The first-order valence-electron chi connectivity index (χ1n) is 13.8. The number of rotatable bonds is 12. The van der Waals surface area contributed by atoms with Gasteiger partial charge in [0.25, 0.3) is 0 Å². The summed E-state index contributed by atoms with van der Waals surface area (Å²) in [4.78, 5) is 34.7. The van der Waals surface area contributed by atoms with E-state index >= 15 is 0 Å². The number of amides is 3. The van der Waals surface area contributed by atoms with Crippen LogP contribution in [0.25, 0.3) is 12.2 Å². The highest BCUT2D eigenvalue weighted by molar-refractivity contribution is 7.12. The van der Waals surface area contributed by atoms with Gasteiger partial charge in [-0.25, -0.2) is 4.98 Å². The normalized spacial score (nSPS) is 13.4. The third-order valence-electron chi connectivity index (χ3n) is 5.65. The maximum Gasteiger partial charge on any atom is 0.243 e. The molecule has 1 aromatic heterocycles. The van der Waals surface area contributed by atoms with Crippen molar-refractivity contribution >= 4 is 53.8 Å². The number of nitrogens with zero attached hydrogens (tertiary/aromatic N) is 2. The molecule has 1 aliphatic rings. The average Bonchev–Trinajstić information content (AvgIpc) is 3.39. The summed E-state index contributed by atoms with van der Waals surface area (Å²) in [7, 11) is 0. The number of hydrogen-bond acceptors (Lipinski definition) is 7. The highest BCUT2D eigenvalue weighted by Crippen LogP contribution is 2.29. The summed E-state index contributed by atoms with van der Waals surface area (Å²) >= 11 is 7.87. The number of halogens is 1. The minimum absolute atomic E-state index is 0.0224. The van der Waals surface area contributed by atoms with Crippen molar-refractivity contribution < 1.29 is 19.1 Å². The van der Waals surface area contributed by atoms with E-state index in [4.69, 9.17) is 36.2 Å². The van der Waals surface area contributed by atoms with Gasteiger partial charge in [0, 0.05) is 26.7 Å². The van der Waals surface area contributed by atoms with E-state index in [1.165, 1.54) is 25.8 Å². The van der Waals surface area contributed by atoms with Gasteiger partial charge in [0.2, 0.25) is 18.7 Å². The molecule has 2 unspecified atom stereocenters. The number of ether oxygens (including phenoxy) is 1. The second kappa shape index (κ2) is 31.5. The van der Waals surface area contributed by atoms with Crippen molar-refractivity contribution in [2.24, 2.45) is 23.3 Å². The van der Waals surface area contributed by atoms with E-state index in [0.29, 0.717) is 18.4 Å². The van der Waals surface area contributed by atoms with Crippen LogP contribution in [0.15, 0.2) is 25.3 Å². The highest BCUT2D eigenvalue weighted by Gasteiger charge is 2.24. The third kappa shape index (κ3) is 24.5. The predicted molar refractivity (Wildman–Crippen MR) is 172 cm³/mol. The Morgan fingerprint density at radius 2 is 1.76 bits per heavy atom. The summed E-state index contributed by atoms with van der Waals surface area (Å²) < 4.78 is 5.51. The van der Waals surface area contributed by atoms with Crippen molar-refractivity contribution in [1.82, 2.24) is 10.3 Å². The Morgan fingerprint density at radius 3 is 2.20 bits per heavy atom. The molecular formula is C30H50ClN5O4S. The number of nitrogens with one attached hydrogen (secondary N) is 1. The SMILES string of the molecule is C=CC(=O)NCC(CCc1nc(/C=C\C(Cl)CC)c(C=C)s1)C1CCOCC1.CC#N.CCCC.NC=O.NC=O. The number of allylic oxidation sites excluding steroid dienone is 1. The largest absolute Gasteiger partial charge is 0.381 e. The Kier molecular flexibility index (Phi) is 32.7. The van der Waals surface area contributed by atoms with Crippen LogP contribution in [0.2, 0.25) is 0 Å². The molecule has 0 bridgehead atoms. The second-order valence-electron chi connectivity index (χ2n) is 8.54. The van der Waals surface area contributed by atoms with Crippen LogP contribution in [-0.4, -0.2) is 48.8 Å². The number of primary amides is 2. The Bertz CT molecular complexity index is 888. The van der Waals surface area contributed by atoms with Crippen LogP contribution in [-0.2, 0) is 25.5 Å². The third-order valence-corrected chi connectivity index (χ3v) is 7.23. The predicted octanol–water partition coefficient (Wildman–Crippen LogP) is 5.63. The number of carbonyl (C=O) groups is 3. The number of alkyl halides is 1. The second-order valence-corrected chi connectivity index (χ2v) is 10.2. The van der Waals surface area contributed by atoms with Gasteiger partial charge in [-0.15, -0.1) is 22.9 Å². The lowest BCUT2D eigenvalue weighted by molar-refractivity contribution is -0.116. The van der Waals surface area contributed by atoms with E-state index in [-0.39, 0.29) is 24.1 Å². The Labute approximate surface area is 256 Å². The zero-order valence-electron chi connectivity index (χ0n) is 25.1. The van der Waals surface area contributed by atoms with Gasteiger partial charge in [-0.05, 0) is 62.2 Å². The molecule has 0 radical (unpaired) electrons. The van der Waals surface area contributed by atoms with Crippen LogP contribution in [0.1, 0.15) is 81.8 Å². The van der Waals surface area contributed by atoms with Crippen molar-refractivity contribution in [3.63, 3.8) is 0 Å². The number of nitriles is 1. The molecule has 11 heteroatoms. The van der Waals surface area contributed by atoms with Gasteiger partial charge in [-0.3, -0.25) is 14.4 Å². The fourth-order valence-corrected chi connectivity index (χ4v) is 4.39. The van der Waals surface area contributed by atoms with Crippen LogP contribution in [0.5, 0.6) is 0 Å².